The molecule has 2 aliphatic rings. The summed E-state index contributed by atoms with van der Waals surface area (Å²) in [4.78, 5) is 24.4. The van der Waals surface area contributed by atoms with Crippen LogP contribution in [0.4, 0.5) is 5.69 Å². The molecule has 0 amide bonds. The van der Waals surface area contributed by atoms with Crippen LogP contribution in [0.25, 0.3) is 0 Å². The minimum atomic E-state index is -1.14. The topological polar surface area (TPSA) is 120 Å². The zero-order chi connectivity index (χ0) is 24.2. The van der Waals surface area contributed by atoms with Crippen LogP contribution in [0.5, 0.6) is 11.5 Å². The summed E-state index contributed by atoms with van der Waals surface area (Å²) in [5.41, 5.74) is 4.85. The van der Waals surface area contributed by atoms with Crippen molar-refractivity contribution in [3.63, 3.8) is 0 Å². The molecule has 9 heteroatoms. The number of carbonyl (C=O) groups is 2. The number of unbranched alkanes of at least 4 members (excludes halogenated alkanes) is 1. The number of ether oxygens (including phenoxy) is 1. The number of aromatic hydroxyl groups is 1. The molecular weight excluding hydrogens is 454 g/mol. The van der Waals surface area contributed by atoms with Gasteiger partial charge >= 0.3 is 5.97 Å². The maximum Gasteiger partial charge on any atom is 0.336 e. The van der Waals surface area contributed by atoms with Gasteiger partial charge in [-0.1, -0.05) is 19.4 Å². The summed E-state index contributed by atoms with van der Waals surface area (Å²) in [5, 5.41) is 27.3. The Kier molecular flexibility index (Phi) is 6.74. The molecule has 4 N–H and O–H groups in total. The van der Waals surface area contributed by atoms with Gasteiger partial charge in [-0.2, -0.15) is 5.10 Å². The number of carboxylic acid groups (broad SMARTS) is 1. The highest BCUT2D eigenvalue weighted by Gasteiger charge is 2.37. The summed E-state index contributed by atoms with van der Waals surface area (Å²) in [5.74, 6) is -1.42. The van der Waals surface area contributed by atoms with Gasteiger partial charge in [-0.05, 0) is 78.3 Å². The fraction of sp³-hybridized carbons (Fsp3) is 0.200. The molecule has 2 aromatic rings. The van der Waals surface area contributed by atoms with Crippen LogP contribution in [-0.4, -0.2) is 39.4 Å². The Morgan fingerprint density at radius 3 is 2.82 bits per heavy atom. The average molecular weight is 478 g/mol. The molecule has 2 unspecified atom stereocenters. The number of benzene rings is 2. The molecule has 0 radical (unpaired) electrons. The Bertz CT molecular complexity index is 1250. The fourth-order valence-electron chi connectivity index (χ4n) is 4.00. The molecule has 0 fully saturated rings. The number of phenols is 1. The van der Waals surface area contributed by atoms with Crippen molar-refractivity contribution in [3.8, 4) is 11.5 Å². The molecule has 4 rings (SSSR count). The predicted octanol–water partition coefficient (Wildman–Crippen LogP) is 4.12. The van der Waals surface area contributed by atoms with Gasteiger partial charge in [-0.15, -0.1) is 0 Å². The van der Waals surface area contributed by atoms with Crippen molar-refractivity contribution in [2.75, 3.05) is 5.32 Å². The number of fused-ring (bicyclic) bond motifs is 2. The van der Waals surface area contributed by atoms with Crippen LogP contribution in [0, 0.1) is 0 Å². The molecule has 2 atom stereocenters. The third kappa shape index (κ3) is 4.84. The fourth-order valence-corrected chi connectivity index (χ4v) is 4.17. The van der Waals surface area contributed by atoms with Crippen LogP contribution < -0.4 is 15.5 Å². The SMILES string of the molecule is CCC/C=N/NC(=S)Nc1ccc(C2C3=CC(=O)C=CC3Oc3ccc(O)cc32)c(C(=O)O)c1. The minimum absolute atomic E-state index is 0.0132. The maximum absolute atomic E-state index is 12.3. The zero-order valence-electron chi connectivity index (χ0n) is 18.3. The molecule has 0 bridgehead atoms. The molecule has 0 aromatic heterocycles. The van der Waals surface area contributed by atoms with Gasteiger partial charge in [0.15, 0.2) is 10.9 Å². The second-order valence-electron chi connectivity index (χ2n) is 7.87. The first-order chi connectivity index (χ1) is 16.4. The highest BCUT2D eigenvalue weighted by Crippen LogP contribution is 2.47. The number of aromatic carboxylic acids is 1. The van der Waals surface area contributed by atoms with E-state index in [9.17, 15) is 19.8 Å². The first kappa shape index (κ1) is 23.2. The zero-order valence-corrected chi connectivity index (χ0v) is 19.1. The van der Waals surface area contributed by atoms with Gasteiger partial charge in [0.2, 0.25) is 0 Å². The van der Waals surface area contributed by atoms with E-state index in [-0.39, 0.29) is 22.2 Å². The number of nitrogens with zero attached hydrogens (tertiary/aromatic N) is 1. The highest BCUT2D eigenvalue weighted by atomic mass is 32.1. The number of rotatable bonds is 6. The predicted molar refractivity (Wildman–Crippen MR) is 133 cm³/mol. The van der Waals surface area contributed by atoms with E-state index < -0.39 is 18.0 Å². The Morgan fingerprint density at radius 1 is 1.24 bits per heavy atom. The van der Waals surface area contributed by atoms with Crippen molar-refractivity contribution in [2.24, 2.45) is 5.10 Å². The van der Waals surface area contributed by atoms with E-state index in [0.29, 0.717) is 28.1 Å². The molecule has 1 aliphatic heterocycles. The second-order valence-corrected chi connectivity index (χ2v) is 8.28. The molecule has 174 valence electrons. The van der Waals surface area contributed by atoms with E-state index in [0.717, 1.165) is 12.8 Å². The molecule has 8 nitrogen and oxygen atoms in total. The van der Waals surface area contributed by atoms with E-state index in [4.69, 9.17) is 17.0 Å². The largest absolute Gasteiger partial charge is 0.508 e. The molecule has 34 heavy (non-hydrogen) atoms. The maximum atomic E-state index is 12.3. The molecule has 1 aliphatic carbocycles. The summed E-state index contributed by atoms with van der Waals surface area (Å²) in [6.07, 6.45) is 7.51. The molecule has 2 aromatic carbocycles. The normalized spacial score (nSPS) is 18.5. The Morgan fingerprint density at radius 2 is 2.06 bits per heavy atom. The lowest BCUT2D eigenvalue weighted by atomic mass is 9.76. The number of hydrogen-bond donors (Lipinski definition) is 4. The molecular formula is C25H23N3O5S. The Labute approximate surface area is 201 Å². The van der Waals surface area contributed by atoms with E-state index in [1.54, 1.807) is 30.5 Å². The first-order valence-electron chi connectivity index (χ1n) is 10.8. The van der Waals surface area contributed by atoms with E-state index >= 15 is 0 Å². The van der Waals surface area contributed by atoms with Gasteiger partial charge in [0, 0.05) is 23.4 Å². The van der Waals surface area contributed by atoms with Crippen molar-refractivity contribution < 1.29 is 24.5 Å². The number of hydrazone groups is 1. The van der Waals surface area contributed by atoms with Crippen LogP contribution in [0.1, 0.15) is 47.2 Å². The van der Waals surface area contributed by atoms with Crippen LogP contribution in [-0.2, 0) is 4.79 Å². The minimum Gasteiger partial charge on any atom is -0.508 e. The summed E-state index contributed by atoms with van der Waals surface area (Å²) in [6.45, 7) is 2.04. The summed E-state index contributed by atoms with van der Waals surface area (Å²) >= 11 is 5.23. The summed E-state index contributed by atoms with van der Waals surface area (Å²) in [7, 11) is 0. The number of allylic oxidation sites excluding steroid dienone is 2. The van der Waals surface area contributed by atoms with Crippen LogP contribution in [0.15, 0.2) is 65.3 Å². The van der Waals surface area contributed by atoms with Crippen molar-refractivity contribution in [2.45, 2.75) is 31.8 Å². The van der Waals surface area contributed by atoms with Crippen LogP contribution in [0.2, 0.25) is 0 Å². The summed E-state index contributed by atoms with van der Waals surface area (Å²) in [6, 6.07) is 9.54. The third-order valence-corrected chi connectivity index (χ3v) is 5.69. The van der Waals surface area contributed by atoms with Crippen molar-refractivity contribution >= 4 is 41.0 Å². The molecule has 1 heterocycles. The quantitative estimate of drug-likeness (QED) is 0.279. The molecule has 0 spiro atoms. The third-order valence-electron chi connectivity index (χ3n) is 5.49. The number of anilines is 1. The lowest BCUT2D eigenvalue weighted by Crippen LogP contribution is -2.31. The second kappa shape index (κ2) is 9.88. The number of thiocarbonyl (C=S) groups is 1. The van der Waals surface area contributed by atoms with Gasteiger partial charge in [-0.25, -0.2) is 4.79 Å². The van der Waals surface area contributed by atoms with Gasteiger partial charge in [0.1, 0.15) is 17.6 Å². The monoisotopic (exact) mass is 477 g/mol. The van der Waals surface area contributed by atoms with E-state index in [1.807, 2.05) is 6.92 Å². The first-order valence-corrected chi connectivity index (χ1v) is 11.2. The van der Waals surface area contributed by atoms with E-state index in [1.165, 1.54) is 30.4 Å². The number of ketones is 1. The van der Waals surface area contributed by atoms with Gasteiger partial charge in [0.25, 0.3) is 0 Å². The smallest absolute Gasteiger partial charge is 0.336 e. The number of phenolic OH excluding ortho intramolecular Hbond substituents is 1. The van der Waals surface area contributed by atoms with Gasteiger partial charge in [-0.3, -0.25) is 10.2 Å². The van der Waals surface area contributed by atoms with Crippen molar-refractivity contribution in [3.05, 3.63) is 76.9 Å². The number of carbonyl (C=O) groups excluding carboxylic acids is 1. The molecule has 0 saturated carbocycles. The van der Waals surface area contributed by atoms with Crippen molar-refractivity contribution in [1.82, 2.24) is 5.43 Å². The van der Waals surface area contributed by atoms with Crippen molar-refractivity contribution in [1.29, 1.82) is 0 Å². The number of nitrogens with one attached hydrogen (secondary N) is 2. The van der Waals surface area contributed by atoms with Gasteiger partial charge in [0.05, 0.1) is 5.56 Å². The Hall–Kier alpha value is -3.98. The van der Waals surface area contributed by atoms with Gasteiger partial charge < -0.3 is 20.3 Å². The van der Waals surface area contributed by atoms with E-state index in [2.05, 4.69) is 15.8 Å². The number of hydrogen-bond acceptors (Lipinski definition) is 6. The lowest BCUT2D eigenvalue weighted by molar-refractivity contribution is -0.110. The highest BCUT2D eigenvalue weighted by molar-refractivity contribution is 7.80. The summed E-state index contributed by atoms with van der Waals surface area (Å²) < 4.78 is 6.01. The Balaban J connectivity index is 1.74. The molecule has 0 saturated heterocycles. The average Bonchev–Trinajstić information content (AvgIpc) is 2.81. The number of carboxylic acids is 1. The van der Waals surface area contributed by atoms with Crippen LogP contribution >= 0.6 is 12.2 Å². The van der Waals surface area contributed by atoms with Crippen LogP contribution in [0.3, 0.4) is 0 Å². The lowest BCUT2D eigenvalue weighted by Gasteiger charge is -2.35. The standard InChI is InChI=1S/C25H23N3O5S/c1-2-3-10-26-28-25(34)27-14-4-7-17(18(11-14)24(31)32)23-19-12-15(29)5-8-21(19)33-22-9-6-16(30)13-20(22)23/h4-13,21,23,30H,2-3H2,1H3,(H,31,32)(H2,27,28,34)/b26-10+.